The second-order valence-corrected chi connectivity index (χ2v) is 17.6. The lowest BCUT2D eigenvalue weighted by Crippen LogP contribution is -2.75. The summed E-state index contributed by atoms with van der Waals surface area (Å²) in [5.74, 6) is 1.80. The van der Waals surface area contributed by atoms with Crippen molar-refractivity contribution < 1.29 is 110 Å². The molecule has 0 bridgehead atoms. The van der Waals surface area contributed by atoms with Gasteiger partial charge in [0.25, 0.3) is 0 Å². The van der Waals surface area contributed by atoms with Gasteiger partial charge in [-0.25, -0.2) is 0 Å². The van der Waals surface area contributed by atoms with E-state index in [1.165, 1.54) is 0 Å². The van der Waals surface area contributed by atoms with Crippen LogP contribution in [0.1, 0.15) is 54.9 Å². The van der Waals surface area contributed by atoms with Gasteiger partial charge in [0.1, 0.15) is 11.9 Å². The van der Waals surface area contributed by atoms with Crippen LogP contribution in [0.2, 0.25) is 0 Å². The number of carbonyl (C=O) groups is 1. The molecule has 0 fully saturated rings. The van der Waals surface area contributed by atoms with Crippen molar-refractivity contribution in [3.05, 3.63) is 166 Å². The Kier molecular flexibility index (Phi) is 16.3. The Morgan fingerprint density at radius 2 is 0.620 bits per heavy atom. The molecule has 71 heavy (non-hydrogen) atoms. The van der Waals surface area contributed by atoms with E-state index in [0.29, 0.717) is 5.75 Å². The van der Waals surface area contributed by atoms with Gasteiger partial charge in [0.2, 0.25) is 5.78 Å². The second kappa shape index (κ2) is 20.0. The highest BCUT2D eigenvalue weighted by molar-refractivity contribution is 7.97. The molecule has 0 heterocycles. The number of halogens is 24. The number of benzene rings is 5. The van der Waals surface area contributed by atoms with Gasteiger partial charge in [0, 0.05) is 5.56 Å². The van der Waals surface area contributed by atoms with Crippen molar-refractivity contribution in [1.82, 2.24) is 0 Å². The first-order valence-corrected chi connectivity index (χ1v) is 21.1. The van der Waals surface area contributed by atoms with Gasteiger partial charge in [-0.2, -0.15) is 127 Å². The molecule has 5 rings (SSSR count). The van der Waals surface area contributed by atoms with Crippen LogP contribution in [0.4, 0.5) is 105 Å². The van der Waals surface area contributed by atoms with Crippen molar-refractivity contribution in [2.45, 2.75) is 49.4 Å². The largest absolute Gasteiger partial charge is 0.416 e. The van der Waals surface area contributed by atoms with Gasteiger partial charge in [0.05, 0.1) is 50.8 Å². The Morgan fingerprint density at radius 3 is 0.803 bits per heavy atom. The Morgan fingerprint density at radius 1 is 0.408 bits per heavy atom. The molecule has 0 aliphatic heterocycles. The van der Waals surface area contributed by atoms with Gasteiger partial charge in [-0.15, -0.1) is 0 Å². The molecule has 0 radical (unpaired) electrons. The van der Waals surface area contributed by atoms with Gasteiger partial charge in [0.15, 0.2) is 5.75 Å². The topological polar surface area (TPSA) is 17.1 Å². The van der Waals surface area contributed by atoms with Crippen LogP contribution < -0.4 is 21.9 Å². The molecular weight excluding hydrogens is 1040 g/mol. The van der Waals surface area contributed by atoms with Crippen LogP contribution >= 0.6 is 0 Å². The average Bonchev–Trinajstić information content (AvgIpc) is 3.22. The van der Waals surface area contributed by atoms with E-state index in [1.807, 2.05) is 36.4 Å². The molecule has 0 aliphatic rings. The van der Waals surface area contributed by atoms with Gasteiger partial charge >= 0.3 is 49.4 Å². The molecular formula is C44H27BF24OS. The molecule has 0 N–H and O–H groups in total. The molecule has 1 atom stereocenters. The molecule has 386 valence electrons. The van der Waals surface area contributed by atoms with E-state index in [2.05, 4.69) is 12.8 Å². The highest BCUT2D eigenvalue weighted by atomic mass is 32.2. The van der Waals surface area contributed by atoms with E-state index in [-0.39, 0.29) is 16.7 Å². The van der Waals surface area contributed by atoms with Crippen molar-refractivity contribution >= 4 is 44.7 Å². The zero-order chi connectivity index (χ0) is 54.3. The molecule has 0 saturated carbocycles. The van der Waals surface area contributed by atoms with Crippen molar-refractivity contribution in [3.8, 4) is 0 Å². The fourth-order valence-corrected chi connectivity index (χ4v) is 8.40. The lowest BCUT2D eigenvalue weighted by molar-refractivity contribution is -0.144. The number of carbonyl (C=O) groups excluding carboxylic acids is 1. The molecule has 0 aromatic heterocycles. The SMILES string of the molecule is C=CC[S+](C)CC(=O)c1ccccc1.FC(F)(F)c1cc([B-](c2cc(C(F)(F)F)cc(C(F)(F)F)c2)(c2cc(C(F)(F)F)cc(C(F)(F)F)c2)c2cc(C(F)(F)F)cc(C(F)(F)F)c2)cc(C(F)(F)F)c1. The highest BCUT2D eigenvalue weighted by Gasteiger charge is 2.47. The third kappa shape index (κ3) is 14.0. The van der Waals surface area contributed by atoms with Crippen LogP contribution in [0.5, 0.6) is 0 Å². The van der Waals surface area contributed by atoms with E-state index in [9.17, 15) is 110 Å². The second-order valence-electron chi connectivity index (χ2n) is 15.4. The first kappa shape index (κ1) is 57.8. The summed E-state index contributed by atoms with van der Waals surface area (Å²) in [6.07, 6.45) is -50.8. The van der Waals surface area contributed by atoms with E-state index in [1.54, 1.807) is 0 Å². The fraction of sp³-hybridized carbons (Fsp3) is 0.250. The lowest BCUT2D eigenvalue weighted by atomic mass is 9.12. The summed E-state index contributed by atoms with van der Waals surface area (Å²) in [4.78, 5) is 11.7. The summed E-state index contributed by atoms with van der Waals surface area (Å²) in [6.45, 7) is 3.68. The molecule has 5 aromatic carbocycles. The Labute approximate surface area is 387 Å². The Bertz CT molecular complexity index is 2270. The third-order valence-electron chi connectivity index (χ3n) is 10.3. The summed E-state index contributed by atoms with van der Waals surface area (Å²) in [6, 6.07) is 0.644. The molecule has 1 unspecified atom stereocenters. The van der Waals surface area contributed by atoms with Gasteiger partial charge in [-0.1, -0.05) is 85.4 Å². The molecule has 27 heteroatoms. The molecule has 0 amide bonds. The average molecular weight is 1070 g/mol. The van der Waals surface area contributed by atoms with E-state index in [0.717, 1.165) is 11.3 Å². The van der Waals surface area contributed by atoms with Gasteiger partial charge in [-0.3, -0.25) is 4.79 Å². The van der Waals surface area contributed by atoms with E-state index >= 15 is 0 Å². The van der Waals surface area contributed by atoms with Crippen LogP contribution in [-0.4, -0.2) is 29.7 Å². The minimum absolute atomic E-state index is 0.132. The van der Waals surface area contributed by atoms with E-state index in [4.69, 9.17) is 0 Å². The lowest BCUT2D eigenvalue weighted by Gasteiger charge is -2.46. The first-order valence-electron chi connectivity index (χ1n) is 19.1. The minimum atomic E-state index is -6.13. The zero-order valence-corrected chi connectivity index (χ0v) is 35.8. The number of Topliss-reactive ketones (excluding diaryl/α,β-unsaturated/α-hetero) is 1. The van der Waals surface area contributed by atoms with Crippen LogP contribution in [0, 0.1) is 0 Å². The third-order valence-corrected chi connectivity index (χ3v) is 11.9. The fourth-order valence-electron chi connectivity index (χ4n) is 7.26. The van der Waals surface area contributed by atoms with Crippen LogP contribution in [0.25, 0.3) is 0 Å². The van der Waals surface area contributed by atoms with Gasteiger partial charge < -0.3 is 0 Å². The standard InChI is InChI=1S/C32H12BF24.C12H15OS/c34-25(35,36)13-1-14(26(37,38)39)6-21(5-13)33(22-7-15(27(40,41)42)2-16(8-22)28(43,44)45,23-9-17(29(46,47)48)3-18(10-23)30(49,50)51)24-11-19(31(52,53)54)4-20(12-24)32(55,56)57;1-3-9-14(2)10-12(13)11-7-5-4-6-8-11/h1-12H;3-8H,1,9-10H2,2H3/q-1;+1. The maximum absolute atomic E-state index is 14.2. The summed E-state index contributed by atoms with van der Waals surface area (Å²) in [7, 11) is 0.132. The molecule has 0 spiro atoms. The number of rotatable bonds is 9. The Balaban J connectivity index is 0.000000671. The maximum Gasteiger partial charge on any atom is 0.416 e. The van der Waals surface area contributed by atoms with Crippen LogP contribution in [0.15, 0.2) is 116 Å². The molecule has 0 saturated heterocycles. The van der Waals surface area contributed by atoms with Crippen molar-refractivity contribution in [1.29, 1.82) is 0 Å². The molecule has 5 aromatic rings. The number of hydrogen-bond donors (Lipinski definition) is 0. The predicted octanol–water partition coefficient (Wildman–Crippen LogP) is 13.5. The quantitative estimate of drug-likeness (QED) is 0.0473. The van der Waals surface area contributed by atoms with Crippen molar-refractivity contribution in [3.63, 3.8) is 0 Å². The molecule has 1 nitrogen and oxygen atoms in total. The number of hydrogen-bond acceptors (Lipinski definition) is 1. The maximum atomic E-state index is 14.2. The zero-order valence-electron chi connectivity index (χ0n) is 35.0. The van der Waals surface area contributed by atoms with Crippen LogP contribution in [0.3, 0.4) is 0 Å². The monoisotopic (exact) mass is 1070 g/mol. The van der Waals surface area contributed by atoms with Crippen molar-refractivity contribution in [2.24, 2.45) is 0 Å². The smallest absolute Gasteiger partial charge is 0.289 e. The predicted molar refractivity (Wildman–Crippen MR) is 214 cm³/mol. The summed E-state index contributed by atoms with van der Waals surface area (Å²) >= 11 is 0. The van der Waals surface area contributed by atoms with Crippen LogP contribution in [-0.2, 0) is 60.3 Å². The highest BCUT2D eigenvalue weighted by Crippen LogP contribution is 2.41. The first-order chi connectivity index (χ1) is 32.0. The Hall–Kier alpha value is -5.76. The van der Waals surface area contributed by atoms with Gasteiger partial charge in [-0.05, 0) is 41.2 Å². The normalized spacial score (nSPS) is 13.9. The summed E-state index contributed by atoms with van der Waals surface area (Å²) < 4.78 is 341. The molecule has 0 aliphatic carbocycles. The summed E-state index contributed by atoms with van der Waals surface area (Å²) in [5.41, 5.74) is -29.4. The minimum Gasteiger partial charge on any atom is -0.289 e. The van der Waals surface area contributed by atoms with E-state index < -0.39 is 195 Å². The number of ketones is 1. The number of alkyl halides is 24. The van der Waals surface area contributed by atoms with Crippen molar-refractivity contribution in [2.75, 3.05) is 17.8 Å². The summed E-state index contributed by atoms with van der Waals surface area (Å²) in [5, 5.41) is 0.